The van der Waals surface area contributed by atoms with Crippen LogP contribution in [0.2, 0.25) is 0 Å². The molecule has 0 spiro atoms. The van der Waals surface area contributed by atoms with Crippen molar-refractivity contribution in [1.82, 2.24) is 0 Å². The molecule has 0 fully saturated rings. The standard InChI is InChI=1S/C18H25NO4/c1-5-11-22-15(4)18(21)23-12-7-10-16(20)19-17-13(2)8-6-9-14(17)3/h5-6,8-9,15H,1,7,10-12H2,2-4H3,(H,19,20). The first-order valence-electron chi connectivity index (χ1n) is 7.71. The molecule has 5 heteroatoms. The van der Waals surface area contributed by atoms with Crippen LogP contribution >= 0.6 is 0 Å². The van der Waals surface area contributed by atoms with E-state index in [2.05, 4.69) is 11.9 Å². The van der Waals surface area contributed by atoms with Crippen molar-refractivity contribution in [3.05, 3.63) is 42.0 Å². The molecule has 0 aliphatic heterocycles. The number of carbonyl (C=O) groups excluding carboxylic acids is 2. The second-order valence-corrected chi connectivity index (χ2v) is 5.35. The third kappa shape index (κ3) is 6.65. The van der Waals surface area contributed by atoms with Crippen molar-refractivity contribution >= 4 is 17.6 Å². The molecule has 0 aromatic heterocycles. The predicted molar refractivity (Wildman–Crippen MR) is 90.3 cm³/mol. The van der Waals surface area contributed by atoms with Gasteiger partial charge in [0, 0.05) is 12.1 Å². The molecule has 1 unspecified atom stereocenters. The minimum absolute atomic E-state index is 0.0885. The Balaban J connectivity index is 2.29. The van der Waals surface area contributed by atoms with Gasteiger partial charge in [-0.2, -0.15) is 0 Å². The number of anilines is 1. The third-order valence-corrected chi connectivity index (χ3v) is 3.33. The predicted octanol–water partition coefficient (Wildman–Crippen LogP) is 3.16. The Morgan fingerprint density at radius 1 is 1.30 bits per heavy atom. The molecule has 126 valence electrons. The second-order valence-electron chi connectivity index (χ2n) is 5.35. The Morgan fingerprint density at radius 2 is 1.96 bits per heavy atom. The Kier molecular flexibility index (Phi) is 8.05. The number of rotatable bonds is 9. The highest BCUT2D eigenvalue weighted by Gasteiger charge is 2.14. The van der Waals surface area contributed by atoms with E-state index in [0.29, 0.717) is 19.4 Å². The number of esters is 1. The summed E-state index contributed by atoms with van der Waals surface area (Å²) >= 11 is 0. The van der Waals surface area contributed by atoms with Crippen LogP contribution in [0.1, 0.15) is 30.9 Å². The molecule has 0 aliphatic carbocycles. The maximum Gasteiger partial charge on any atom is 0.334 e. The molecule has 1 rings (SSSR count). The van der Waals surface area contributed by atoms with Gasteiger partial charge in [-0.25, -0.2) is 4.79 Å². The van der Waals surface area contributed by atoms with Crippen LogP contribution in [0.4, 0.5) is 5.69 Å². The molecule has 5 nitrogen and oxygen atoms in total. The van der Waals surface area contributed by atoms with E-state index >= 15 is 0 Å². The number of para-hydroxylation sites is 1. The Bertz CT molecular complexity index is 534. The quantitative estimate of drug-likeness (QED) is 0.431. The van der Waals surface area contributed by atoms with E-state index in [-0.39, 0.29) is 12.5 Å². The normalized spacial score (nSPS) is 11.6. The fourth-order valence-corrected chi connectivity index (χ4v) is 2.02. The van der Waals surface area contributed by atoms with Gasteiger partial charge in [-0.3, -0.25) is 4.79 Å². The summed E-state index contributed by atoms with van der Waals surface area (Å²) in [5.74, 6) is -0.517. The van der Waals surface area contributed by atoms with Gasteiger partial charge in [-0.1, -0.05) is 24.3 Å². The maximum atomic E-state index is 11.9. The average molecular weight is 319 g/mol. The molecular formula is C18H25NO4. The van der Waals surface area contributed by atoms with Gasteiger partial charge in [0.05, 0.1) is 13.2 Å². The molecule has 1 aromatic rings. The van der Waals surface area contributed by atoms with Gasteiger partial charge >= 0.3 is 5.97 Å². The van der Waals surface area contributed by atoms with Crippen LogP contribution in [0.25, 0.3) is 0 Å². The zero-order valence-electron chi connectivity index (χ0n) is 14.1. The van der Waals surface area contributed by atoms with Crippen LogP contribution in [-0.4, -0.2) is 31.2 Å². The number of aryl methyl sites for hydroxylation is 2. The maximum absolute atomic E-state index is 11.9. The molecule has 0 radical (unpaired) electrons. The fourth-order valence-electron chi connectivity index (χ4n) is 2.02. The number of carbonyl (C=O) groups is 2. The summed E-state index contributed by atoms with van der Waals surface area (Å²) in [6.45, 7) is 9.54. The summed E-state index contributed by atoms with van der Waals surface area (Å²) in [6.07, 6.45) is 1.71. The van der Waals surface area contributed by atoms with E-state index in [4.69, 9.17) is 9.47 Å². The van der Waals surface area contributed by atoms with Crippen LogP contribution in [0.5, 0.6) is 0 Å². The number of hydrogen-bond donors (Lipinski definition) is 1. The number of nitrogens with one attached hydrogen (secondary N) is 1. The van der Waals surface area contributed by atoms with Crippen LogP contribution in [0, 0.1) is 13.8 Å². The Hall–Kier alpha value is -2.14. The van der Waals surface area contributed by atoms with Crippen molar-refractivity contribution in [1.29, 1.82) is 0 Å². The monoisotopic (exact) mass is 319 g/mol. The van der Waals surface area contributed by atoms with Gasteiger partial charge in [0.2, 0.25) is 5.91 Å². The molecule has 0 saturated heterocycles. The lowest BCUT2D eigenvalue weighted by Crippen LogP contribution is -2.24. The van der Waals surface area contributed by atoms with Crippen molar-refractivity contribution in [2.24, 2.45) is 0 Å². The summed E-state index contributed by atoms with van der Waals surface area (Å²) in [5.41, 5.74) is 2.90. The summed E-state index contributed by atoms with van der Waals surface area (Å²) in [7, 11) is 0. The lowest BCUT2D eigenvalue weighted by Gasteiger charge is -2.12. The van der Waals surface area contributed by atoms with Gasteiger partial charge in [0.25, 0.3) is 0 Å². The van der Waals surface area contributed by atoms with E-state index < -0.39 is 12.1 Å². The van der Waals surface area contributed by atoms with Gasteiger partial charge in [0.1, 0.15) is 0 Å². The SMILES string of the molecule is C=CCOC(C)C(=O)OCCCC(=O)Nc1c(C)cccc1C. The largest absolute Gasteiger partial charge is 0.464 e. The van der Waals surface area contributed by atoms with Crippen molar-refractivity contribution < 1.29 is 19.1 Å². The molecule has 1 atom stereocenters. The highest BCUT2D eigenvalue weighted by atomic mass is 16.6. The minimum atomic E-state index is -0.628. The van der Waals surface area contributed by atoms with Gasteiger partial charge in [-0.05, 0) is 38.3 Å². The number of ether oxygens (including phenoxy) is 2. The van der Waals surface area contributed by atoms with Crippen LogP contribution < -0.4 is 5.32 Å². The number of amides is 1. The fraction of sp³-hybridized carbons (Fsp3) is 0.444. The van der Waals surface area contributed by atoms with E-state index in [9.17, 15) is 9.59 Å². The summed E-state index contributed by atoms with van der Waals surface area (Å²) in [4.78, 5) is 23.5. The van der Waals surface area contributed by atoms with E-state index in [1.165, 1.54) is 0 Å². The van der Waals surface area contributed by atoms with Crippen molar-refractivity contribution in [2.75, 3.05) is 18.5 Å². The lowest BCUT2D eigenvalue weighted by atomic mass is 10.1. The van der Waals surface area contributed by atoms with Crippen LogP contribution in [0.3, 0.4) is 0 Å². The highest BCUT2D eigenvalue weighted by molar-refractivity contribution is 5.92. The van der Waals surface area contributed by atoms with E-state index in [0.717, 1.165) is 16.8 Å². The van der Waals surface area contributed by atoms with Crippen molar-refractivity contribution in [2.45, 2.75) is 39.7 Å². The van der Waals surface area contributed by atoms with Gasteiger partial charge < -0.3 is 14.8 Å². The third-order valence-electron chi connectivity index (χ3n) is 3.33. The molecule has 0 aliphatic rings. The molecular weight excluding hydrogens is 294 g/mol. The zero-order valence-corrected chi connectivity index (χ0v) is 14.1. The number of benzene rings is 1. The summed E-state index contributed by atoms with van der Waals surface area (Å²) in [5, 5.41) is 2.90. The van der Waals surface area contributed by atoms with Crippen LogP contribution in [-0.2, 0) is 19.1 Å². The minimum Gasteiger partial charge on any atom is -0.464 e. The molecule has 1 aromatic carbocycles. The molecule has 1 N–H and O–H groups in total. The molecule has 0 saturated carbocycles. The first kappa shape index (κ1) is 18.9. The van der Waals surface area contributed by atoms with E-state index in [1.54, 1.807) is 13.0 Å². The lowest BCUT2D eigenvalue weighted by molar-refractivity contribution is -0.155. The van der Waals surface area contributed by atoms with Gasteiger partial charge in [0.15, 0.2) is 6.10 Å². The topological polar surface area (TPSA) is 64.6 Å². The first-order chi connectivity index (χ1) is 11.0. The van der Waals surface area contributed by atoms with Gasteiger partial charge in [-0.15, -0.1) is 6.58 Å². The smallest absolute Gasteiger partial charge is 0.334 e. The molecule has 23 heavy (non-hydrogen) atoms. The molecule has 0 heterocycles. The zero-order chi connectivity index (χ0) is 17.2. The molecule has 0 bridgehead atoms. The first-order valence-corrected chi connectivity index (χ1v) is 7.71. The highest BCUT2D eigenvalue weighted by Crippen LogP contribution is 2.19. The Morgan fingerprint density at radius 3 is 2.57 bits per heavy atom. The summed E-state index contributed by atoms with van der Waals surface area (Å²) < 4.78 is 10.2. The summed E-state index contributed by atoms with van der Waals surface area (Å²) in [6, 6.07) is 5.86. The van der Waals surface area contributed by atoms with Crippen LogP contribution in [0.15, 0.2) is 30.9 Å². The molecule has 1 amide bonds. The van der Waals surface area contributed by atoms with E-state index in [1.807, 2.05) is 32.0 Å². The average Bonchev–Trinajstić information content (AvgIpc) is 2.52. The second kappa shape index (κ2) is 9.79. The van der Waals surface area contributed by atoms with Crippen molar-refractivity contribution in [3.8, 4) is 0 Å². The number of hydrogen-bond acceptors (Lipinski definition) is 4. The van der Waals surface area contributed by atoms with Crippen molar-refractivity contribution in [3.63, 3.8) is 0 Å². The Labute approximate surface area is 137 Å².